The second kappa shape index (κ2) is 4.60. The Morgan fingerprint density at radius 2 is 1.81 bits per heavy atom. The highest BCUT2D eigenvalue weighted by molar-refractivity contribution is 6.35. The Morgan fingerprint density at radius 3 is 2.44 bits per heavy atom. The molecule has 80 valence electrons. The molecule has 16 heavy (non-hydrogen) atoms. The van der Waals surface area contributed by atoms with Crippen LogP contribution in [0.5, 0.6) is 0 Å². The molecule has 2 rings (SSSR count). The van der Waals surface area contributed by atoms with Gasteiger partial charge < -0.3 is 0 Å². The molecule has 0 N–H and O–H groups in total. The summed E-state index contributed by atoms with van der Waals surface area (Å²) in [5.74, 6) is 0.141. The first-order valence-corrected chi connectivity index (χ1v) is 5.19. The third kappa shape index (κ3) is 2.21. The summed E-state index contributed by atoms with van der Waals surface area (Å²) in [6.45, 7) is 0. The van der Waals surface area contributed by atoms with Gasteiger partial charge in [0.15, 0.2) is 12.1 Å². The molecule has 0 bridgehead atoms. The van der Waals surface area contributed by atoms with Crippen molar-refractivity contribution in [1.29, 1.82) is 0 Å². The Bertz CT molecular complexity index is 526. The van der Waals surface area contributed by atoms with Crippen molar-refractivity contribution in [2.45, 2.75) is 0 Å². The first-order chi connectivity index (χ1) is 7.70. The smallest absolute Gasteiger partial charge is 0.192 e. The van der Waals surface area contributed by atoms with Crippen LogP contribution in [0.3, 0.4) is 0 Å². The molecule has 2 aromatic rings. The molecule has 1 aromatic heterocycles. The lowest BCUT2D eigenvalue weighted by atomic mass is 10.1. The van der Waals surface area contributed by atoms with E-state index in [0.29, 0.717) is 16.3 Å². The van der Waals surface area contributed by atoms with Gasteiger partial charge in [0.2, 0.25) is 0 Å². The molecule has 0 aliphatic heterocycles. The van der Waals surface area contributed by atoms with Crippen LogP contribution in [0.25, 0.3) is 11.1 Å². The van der Waals surface area contributed by atoms with E-state index in [0.717, 1.165) is 11.1 Å². The number of rotatable bonds is 2. The number of carbonyl (C=O) groups excluding carboxylic acids is 1. The highest BCUT2D eigenvalue weighted by Crippen LogP contribution is 2.29. The predicted molar refractivity (Wildman–Crippen MR) is 62.9 cm³/mol. The van der Waals surface area contributed by atoms with Gasteiger partial charge in [0, 0.05) is 33.6 Å². The van der Waals surface area contributed by atoms with E-state index in [2.05, 4.69) is 9.97 Å². The SMILES string of the molecule is O=Cc1ncc(-c2cc(Cl)ccc2Cl)cn1. The Labute approximate surface area is 102 Å². The fourth-order valence-electron chi connectivity index (χ4n) is 1.26. The average Bonchev–Trinajstić information content (AvgIpc) is 2.32. The maximum absolute atomic E-state index is 10.4. The summed E-state index contributed by atoms with van der Waals surface area (Å²) < 4.78 is 0. The Morgan fingerprint density at radius 1 is 1.12 bits per heavy atom. The second-order valence-electron chi connectivity index (χ2n) is 3.07. The molecule has 3 nitrogen and oxygen atoms in total. The fraction of sp³-hybridized carbons (Fsp3) is 0. The molecule has 0 fully saturated rings. The van der Waals surface area contributed by atoms with Crippen LogP contribution < -0.4 is 0 Å². The van der Waals surface area contributed by atoms with Crippen LogP contribution in [-0.4, -0.2) is 16.3 Å². The molecule has 1 aromatic carbocycles. The second-order valence-corrected chi connectivity index (χ2v) is 3.92. The summed E-state index contributed by atoms with van der Waals surface area (Å²) in [6, 6.07) is 5.13. The Balaban J connectivity index is 2.49. The van der Waals surface area contributed by atoms with E-state index in [4.69, 9.17) is 23.2 Å². The summed E-state index contributed by atoms with van der Waals surface area (Å²) in [4.78, 5) is 18.1. The first-order valence-electron chi connectivity index (χ1n) is 4.43. The van der Waals surface area contributed by atoms with Crippen molar-refractivity contribution >= 4 is 29.5 Å². The number of carbonyl (C=O) groups is 1. The van der Waals surface area contributed by atoms with Crippen LogP contribution in [0.1, 0.15) is 10.6 Å². The lowest BCUT2D eigenvalue weighted by molar-refractivity contribution is 0.111. The van der Waals surface area contributed by atoms with Gasteiger partial charge >= 0.3 is 0 Å². The van der Waals surface area contributed by atoms with Crippen molar-refractivity contribution in [2.24, 2.45) is 0 Å². The number of hydrogen-bond acceptors (Lipinski definition) is 3. The molecular weight excluding hydrogens is 247 g/mol. The number of aromatic nitrogens is 2. The van der Waals surface area contributed by atoms with Crippen LogP contribution in [0.2, 0.25) is 10.0 Å². The summed E-state index contributed by atoms with van der Waals surface area (Å²) in [7, 11) is 0. The average molecular weight is 253 g/mol. The summed E-state index contributed by atoms with van der Waals surface area (Å²) in [5, 5.41) is 1.14. The van der Waals surface area contributed by atoms with Gasteiger partial charge in [-0.1, -0.05) is 23.2 Å². The van der Waals surface area contributed by atoms with Gasteiger partial charge in [-0.25, -0.2) is 9.97 Å². The number of hydrogen-bond donors (Lipinski definition) is 0. The minimum absolute atomic E-state index is 0.141. The normalized spacial score (nSPS) is 10.1. The quantitative estimate of drug-likeness (QED) is 0.771. The van der Waals surface area contributed by atoms with E-state index >= 15 is 0 Å². The van der Waals surface area contributed by atoms with Crippen LogP contribution in [0.15, 0.2) is 30.6 Å². The zero-order chi connectivity index (χ0) is 11.5. The minimum atomic E-state index is 0.141. The minimum Gasteiger partial charge on any atom is -0.294 e. The summed E-state index contributed by atoms with van der Waals surface area (Å²) in [5.41, 5.74) is 1.46. The van der Waals surface area contributed by atoms with Gasteiger partial charge in [0.25, 0.3) is 0 Å². The van der Waals surface area contributed by atoms with E-state index in [-0.39, 0.29) is 5.82 Å². The molecule has 0 unspecified atom stereocenters. The van der Waals surface area contributed by atoms with E-state index < -0.39 is 0 Å². The molecule has 0 atom stereocenters. The number of benzene rings is 1. The van der Waals surface area contributed by atoms with Crippen LogP contribution in [0.4, 0.5) is 0 Å². The number of nitrogens with zero attached hydrogens (tertiary/aromatic N) is 2. The van der Waals surface area contributed by atoms with Crippen molar-refractivity contribution in [3.63, 3.8) is 0 Å². The third-order valence-electron chi connectivity index (χ3n) is 2.02. The molecular formula is C11H6Cl2N2O. The van der Waals surface area contributed by atoms with E-state index in [1.54, 1.807) is 18.2 Å². The molecule has 0 spiro atoms. The van der Waals surface area contributed by atoms with Gasteiger partial charge in [0.05, 0.1) is 0 Å². The van der Waals surface area contributed by atoms with Gasteiger partial charge in [-0.3, -0.25) is 4.79 Å². The largest absolute Gasteiger partial charge is 0.294 e. The molecule has 0 aliphatic rings. The number of halogens is 2. The van der Waals surface area contributed by atoms with Crippen molar-refractivity contribution in [3.8, 4) is 11.1 Å². The molecule has 0 radical (unpaired) electrons. The maximum Gasteiger partial charge on any atom is 0.192 e. The molecule has 0 amide bonds. The van der Waals surface area contributed by atoms with Crippen molar-refractivity contribution in [2.75, 3.05) is 0 Å². The first kappa shape index (κ1) is 11.0. The molecule has 0 aliphatic carbocycles. The van der Waals surface area contributed by atoms with E-state index in [1.807, 2.05) is 0 Å². The highest BCUT2D eigenvalue weighted by Gasteiger charge is 2.05. The van der Waals surface area contributed by atoms with Crippen molar-refractivity contribution in [1.82, 2.24) is 9.97 Å². The highest BCUT2D eigenvalue weighted by atomic mass is 35.5. The summed E-state index contributed by atoms with van der Waals surface area (Å²) in [6.07, 6.45) is 3.66. The third-order valence-corrected chi connectivity index (χ3v) is 2.58. The van der Waals surface area contributed by atoms with Gasteiger partial charge in [0.1, 0.15) is 0 Å². The lowest BCUT2D eigenvalue weighted by Crippen LogP contribution is -1.92. The fourth-order valence-corrected chi connectivity index (χ4v) is 1.66. The van der Waals surface area contributed by atoms with Crippen molar-refractivity contribution in [3.05, 3.63) is 46.5 Å². The Hall–Kier alpha value is -1.45. The number of aldehydes is 1. The van der Waals surface area contributed by atoms with Crippen LogP contribution >= 0.6 is 23.2 Å². The van der Waals surface area contributed by atoms with E-state index in [9.17, 15) is 4.79 Å². The zero-order valence-electron chi connectivity index (χ0n) is 8.02. The van der Waals surface area contributed by atoms with Gasteiger partial charge in [-0.05, 0) is 18.2 Å². The summed E-state index contributed by atoms with van der Waals surface area (Å²) >= 11 is 11.9. The predicted octanol–water partition coefficient (Wildman–Crippen LogP) is 3.26. The van der Waals surface area contributed by atoms with Crippen LogP contribution in [0, 0.1) is 0 Å². The molecule has 0 saturated heterocycles. The van der Waals surface area contributed by atoms with E-state index in [1.165, 1.54) is 12.4 Å². The van der Waals surface area contributed by atoms with Crippen molar-refractivity contribution < 1.29 is 4.79 Å². The lowest BCUT2D eigenvalue weighted by Gasteiger charge is -2.04. The van der Waals surface area contributed by atoms with Gasteiger partial charge in [-0.2, -0.15) is 0 Å². The Kier molecular flexibility index (Phi) is 3.17. The zero-order valence-corrected chi connectivity index (χ0v) is 9.53. The van der Waals surface area contributed by atoms with Crippen LogP contribution in [-0.2, 0) is 0 Å². The monoisotopic (exact) mass is 252 g/mol. The molecule has 5 heteroatoms. The topological polar surface area (TPSA) is 42.9 Å². The molecule has 0 saturated carbocycles. The maximum atomic E-state index is 10.4. The van der Waals surface area contributed by atoms with Gasteiger partial charge in [-0.15, -0.1) is 0 Å². The molecule has 1 heterocycles. The standard InChI is InChI=1S/C11H6Cl2N2O/c12-8-1-2-10(13)9(3-8)7-4-14-11(6-16)15-5-7/h1-6H.